The second-order valence-electron chi connectivity index (χ2n) is 9.34. The van der Waals surface area contributed by atoms with Crippen LogP contribution in [0.3, 0.4) is 0 Å². The van der Waals surface area contributed by atoms with Crippen LogP contribution in [0.15, 0.2) is 42.6 Å². The molecule has 0 aliphatic carbocycles. The average Bonchev–Trinajstić information content (AvgIpc) is 2.94. The molecule has 0 atom stereocenters. The summed E-state index contributed by atoms with van der Waals surface area (Å²) in [5.41, 5.74) is 3.57. The molecule has 2 heterocycles. The summed E-state index contributed by atoms with van der Waals surface area (Å²) in [6.07, 6.45) is 1.59. The normalized spacial score (nSPS) is 13.8. The summed E-state index contributed by atoms with van der Waals surface area (Å²) in [6, 6.07) is 14.0. The van der Waals surface area contributed by atoms with Gasteiger partial charge in [-0.05, 0) is 60.5 Å². The molecule has 202 valence electrons. The Morgan fingerprint density at radius 1 is 1.05 bits per heavy atom. The van der Waals surface area contributed by atoms with E-state index in [1.807, 2.05) is 50.2 Å². The standard InChI is InChI=1S/C30H31ClN4O4/c1-4-38-28-15-21-13-26-23(12-20(21)14-29(28)39-10-7-35-5-8-37-9-6-35)30(22(17-32)18-33-26)34-25-16-27(36-3)24(31)11-19(25)2/h11-16,18H,4-10H2,1-3H3,(H,33,34). The number of aromatic nitrogens is 1. The summed E-state index contributed by atoms with van der Waals surface area (Å²) >= 11 is 6.31. The molecule has 0 unspecified atom stereocenters. The number of nitrogens with one attached hydrogen (secondary N) is 1. The molecule has 1 saturated heterocycles. The molecule has 1 aliphatic rings. The summed E-state index contributed by atoms with van der Waals surface area (Å²) in [5, 5.41) is 16.6. The van der Waals surface area contributed by atoms with Crippen LogP contribution in [-0.2, 0) is 4.74 Å². The van der Waals surface area contributed by atoms with Crippen molar-refractivity contribution in [2.45, 2.75) is 13.8 Å². The molecule has 1 aliphatic heterocycles. The Labute approximate surface area is 233 Å². The van der Waals surface area contributed by atoms with E-state index in [4.69, 9.17) is 30.5 Å². The predicted molar refractivity (Wildman–Crippen MR) is 154 cm³/mol. The predicted octanol–water partition coefficient (Wildman–Crippen LogP) is 6.08. The molecule has 0 bridgehead atoms. The van der Waals surface area contributed by atoms with Gasteiger partial charge in [-0.3, -0.25) is 9.88 Å². The second kappa shape index (κ2) is 12.0. The van der Waals surface area contributed by atoms with E-state index in [1.165, 1.54) is 0 Å². The van der Waals surface area contributed by atoms with Crippen molar-refractivity contribution < 1.29 is 18.9 Å². The highest BCUT2D eigenvalue weighted by molar-refractivity contribution is 6.32. The topological polar surface area (TPSA) is 88.9 Å². The molecular weight excluding hydrogens is 516 g/mol. The van der Waals surface area contributed by atoms with Crippen molar-refractivity contribution in [1.82, 2.24) is 9.88 Å². The van der Waals surface area contributed by atoms with Crippen LogP contribution in [0.2, 0.25) is 5.02 Å². The van der Waals surface area contributed by atoms with E-state index >= 15 is 0 Å². The lowest BCUT2D eigenvalue weighted by Crippen LogP contribution is -2.38. The van der Waals surface area contributed by atoms with Gasteiger partial charge in [0.15, 0.2) is 11.5 Å². The molecule has 0 saturated carbocycles. The maximum atomic E-state index is 9.90. The Balaban J connectivity index is 1.54. The lowest BCUT2D eigenvalue weighted by Gasteiger charge is -2.26. The quantitative estimate of drug-likeness (QED) is 0.252. The van der Waals surface area contributed by atoms with Crippen LogP contribution in [0.1, 0.15) is 18.1 Å². The maximum Gasteiger partial charge on any atom is 0.161 e. The summed E-state index contributed by atoms with van der Waals surface area (Å²) in [6.45, 7) is 9.13. The number of pyridine rings is 1. The van der Waals surface area contributed by atoms with E-state index in [9.17, 15) is 5.26 Å². The van der Waals surface area contributed by atoms with Gasteiger partial charge in [0.2, 0.25) is 0 Å². The fourth-order valence-electron chi connectivity index (χ4n) is 4.74. The number of ether oxygens (including phenoxy) is 4. The minimum atomic E-state index is 0.433. The highest BCUT2D eigenvalue weighted by atomic mass is 35.5. The molecule has 1 aromatic heterocycles. The van der Waals surface area contributed by atoms with Gasteiger partial charge in [0, 0.05) is 43.0 Å². The highest BCUT2D eigenvalue weighted by Gasteiger charge is 2.16. The molecule has 0 radical (unpaired) electrons. The van der Waals surface area contributed by atoms with Gasteiger partial charge in [-0.25, -0.2) is 0 Å². The zero-order valence-electron chi connectivity index (χ0n) is 22.3. The first-order chi connectivity index (χ1) is 19.0. The average molecular weight is 547 g/mol. The molecule has 1 N–H and O–H groups in total. The fraction of sp³-hybridized carbons (Fsp3) is 0.333. The van der Waals surface area contributed by atoms with Crippen LogP contribution >= 0.6 is 11.6 Å². The molecule has 0 spiro atoms. The van der Waals surface area contributed by atoms with E-state index in [0.29, 0.717) is 46.7 Å². The van der Waals surface area contributed by atoms with Gasteiger partial charge in [0.05, 0.1) is 48.7 Å². The summed E-state index contributed by atoms with van der Waals surface area (Å²) < 4.78 is 23.0. The number of morpholine rings is 1. The molecule has 5 rings (SSSR count). The lowest BCUT2D eigenvalue weighted by molar-refractivity contribution is 0.0321. The number of anilines is 2. The van der Waals surface area contributed by atoms with E-state index in [-0.39, 0.29) is 0 Å². The minimum Gasteiger partial charge on any atom is -0.495 e. The number of nitrogens with zero attached hydrogens (tertiary/aromatic N) is 3. The summed E-state index contributed by atoms with van der Waals surface area (Å²) in [4.78, 5) is 6.91. The Hall–Kier alpha value is -3.77. The smallest absolute Gasteiger partial charge is 0.161 e. The number of rotatable bonds is 9. The molecule has 0 amide bonds. The summed E-state index contributed by atoms with van der Waals surface area (Å²) in [7, 11) is 1.58. The Morgan fingerprint density at radius 3 is 2.51 bits per heavy atom. The van der Waals surface area contributed by atoms with Crippen molar-refractivity contribution in [3.8, 4) is 23.3 Å². The number of aryl methyl sites for hydroxylation is 1. The van der Waals surface area contributed by atoms with Gasteiger partial charge in [0.25, 0.3) is 0 Å². The maximum absolute atomic E-state index is 9.90. The minimum absolute atomic E-state index is 0.433. The molecule has 9 heteroatoms. The van der Waals surface area contributed by atoms with Crippen molar-refractivity contribution >= 4 is 44.7 Å². The van der Waals surface area contributed by atoms with Crippen LogP contribution in [0.5, 0.6) is 17.2 Å². The van der Waals surface area contributed by atoms with E-state index in [2.05, 4.69) is 21.3 Å². The molecule has 39 heavy (non-hydrogen) atoms. The fourth-order valence-corrected chi connectivity index (χ4v) is 5.03. The molecule has 3 aromatic carbocycles. The van der Waals surface area contributed by atoms with Gasteiger partial charge in [-0.15, -0.1) is 0 Å². The van der Waals surface area contributed by atoms with Gasteiger partial charge in [-0.2, -0.15) is 5.26 Å². The number of halogens is 1. The highest BCUT2D eigenvalue weighted by Crippen LogP contribution is 2.39. The van der Waals surface area contributed by atoms with Crippen molar-refractivity contribution in [3.63, 3.8) is 0 Å². The van der Waals surface area contributed by atoms with E-state index in [0.717, 1.165) is 65.8 Å². The Morgan fingerprint density at radius 2 is 1.79 bits per heavy atom. The van der Waals surface area contributed by atoms with Crippen LogP contribution in [0, 0.1) is 18.3 Å². The third kappa shape index (κ3) is 5.81. The van der Waals surface area contributed by atoms with Crippen molar-refractivity contribution in [2.75, 3.05) is 58.5 Å². The number of fused-ring (bicyclic) bond motifs is 2. The molecule has 1 fully saturated rings. The zero-order valence-corrected chi connectivity index (χ0v) is 23.1. The van der Waals surface area contributed by atoms with Crippen molar-refractivity contribution in [2.24, 2.45) is 0 Å². The zero-order chi connectivity index (χ0) is 27.4. The van der Waals surface area contributed by atoms with Gasteiger partial charge in [-0.1, -0.05) is 11.6 Å². The Bertz CT molecular complexity index is 1550. The van der Waals surface area contributed by atoms with Crippen LogP contribution in [0.4, 0.5) is 11.4 Å². The van der Waals surface area contributed by atoms with Crippen LogP contribution in [-0.4, -0.2) is 63.1 Å². The SMILES string of the molecule is CCOc1cc2cc3ncc(C#N)c(Nc4cc(OC)c(Cl)cc4C)c3cc2cc1OCCN1CCOCC1. The van der Waals surface area contributed by atoms with Crippen molar-refractivity contribution in [1.29, 1.82) is 5.26 Å². The van der Waals surface area contributed by atoms with Crippen LogP contribution < -0.4 is 19.5 Å². The first kappa shape index (κ1) is 26.8. The second-order valence-corrected chi connectivity index (χ2v) is 9.74. The summed E-state index contributed by atoms with van der Waals surface area (Å²) in [5.74, 6) is 1.94. The third-order valence-electron chi connectivity index (χ3n) is 6.84. The van der Waals surface area contributed by atoms with Gasteiger partial charge < -0.3 is 24.3 Å². The van der Waals surface area contributed by atoms with Crippen LogP contribution in [0.25, 0.3) is 21.7 Å². The third-order valence-corrected chi connectivity index (χ3v) is 7.13. The molecule has 8 nitrogen and oxygen atoms in total. The monoisotopic (exact) mass is 546 g/mol. The number of hydrogen-bond acceptors (Lipinski definition) is 8. The lowest BCUT2D eigenvalue weighted by atomic mass is 10.0. The number of benzene rings is 3. The van der Waals surface area contributed by atoms with E-state index in [1.54, 1.807) is 13.3 Å². The number of hydrogen-bond donors (Lipinski definition) is 1. The van der Waals surface area contributed by atoms with Gasteiger partial charge in [0.1, 0.15) is 18.4 Å². The van der Waals surface area contributed by atoms with Gasteiger partial charge >= 0.3 is 0 Å². The number of nitriles is 1. The molecular formula is C30H31ClN4O4. The van der Waals surface area contributed by atoms with E-state index < -0.39 is 0 Å². The Kier molecular flexibility index (Phi) is 8.22. The van der Waals surface area contributed by atoms with Crippen molar-refractivity contribution in [3.05, 3.63) is 58.7 Å². The largest absolute Gasteiger partial charge is 0.495 e. The first-order valence-electron chi connectivity index (χ1n) is 13.0. The number of methoxy groups -OCH3 is 1. The molecule has 4 aromatic rings. The first-order valence-corrected chi connectivity index (χ1v) is 13.4.